The van der Waals surface area contributed by atoms with Gasteiger partial charge in [-0.05, 0) is 26.0 Å². The van der Waals surface area contributed by atoms with Gasteiger partial charge in [-0.2, -0.15) is 0 Å². The number of hydrogen-bond donors (Lipinski definition) is 1. The largest absolute Gasteiger partial charge is 0.477 e. The number of hydrogen-bond acceptors (Lipinski definition) is 4. The van der Waals surface area contributed by atoms with Crippen molar-refractivity contribution < 1.29 is 18.3 Å². The molecule has 84 valence electrons. The van der Waals surface area contributed by atoms with Crippen LogP contribution < -0.4 is 0 Å². The fourth-order valence-corrected chi connectivity index (χ4v) is 3.13. The summed E-state index contributed by atoms with van der Waals surface area (Å²) in [6.07, 6.45) is 0. The summed E-state index contributed by atoms with van der Waals surface area (Å²) in [4.78, 5) is 11.3. The minimum Gasteiger partial charge on any atom is -0.477 e. The van der Waals surface area contributed by atoms with Gasteiger partial charge in [-0.1, -0.05) is 0 Å². The van der Waals surface area contributed by atoms with Crippen LogP contribution in [0.5, 0.6) is 0 Å². The molecule has 1 aromatic rings. The van der Waals surface area contributed by atoms with Gasteiger partial charge in [-0.15, -0.1) is 11.3 Å². The predicted octanol–water partition coefficient (Wildman–Crippen LogP) is 1.77. The van der Waals surface area contributed by atoms with Crippen molar-refractivity contribution in [2.45, 2.75) is 24.9 Å². The summed E-state index contributed by atoms with van der Waals surface area (Å²) in [6, 6.07) is 2.98. The average molecular weight is 248 g/mol. The minimum absolute atomic E-state index is 0.0807. The van der Waals surface area contributed by atoms with E-state index in [2.05, 4.69) is 0 Å². The lowest BCUT2D eigenvalue weighted by Gasteiger charge is -2.04. The molecular formula is C9H12O4S2. The zero-order chi connectivity index (χ0) is 11.6. The van der Waals surface area contributed by atoms with Gasteiger partial charge < -0.3 is 5.11 Å². The number of sulfone groups is 1. The van der Waals surface area contributed by atoms with Crippen LogP contribution in [0.1, 0.15) is 28.4 Å². The number of rotatable bonds is 4. The molecule has 0 aliphatic heterocycles. The van der Waals surface area contributed by atoms with Gasteiger partial charge in [0.15, 0.2) is 9.84 Å². The molecule has 0 bridgehead atoms. The number of carboxylic acid groups (broad SMARTS) is 1. The Kier molecular flexibility index (Phi) is 3.51. The average Bonchev–Trinajstić information content (AvgIpc) is 2.51. The third-order valence-electron chi connectivity index (χ3n) is 1.93. The maximum atomic E-state index is 11.5. The van der Waals surface area contributed by atoms with Crippen molar-refractivity contribution in [3.63, 3.8) is 0 Å². The highest BCUT2D eigenvalue weighted by Crippen LogP contribution is 2.20. The molecule has 0 atom stereocenters. The van der Waals surface area contributed by atoms with Crippen molar-refractivity contribution in [3.05, 3.63) is 21.9 Å². The van der Waals surface area contributed by atoms with Crippen molar-refractivity contribution in [1.82, 2.24) is 0 Å². The first kappa shape index (κ1) is 12.2. The van der Waals surface area contributed by atoms with Gasteiger partial charge in [0.2, 0.25) is 0 Å². The van der Waals surface area contributed by atoms with E-state index >= 15 is 0 Å². The number of aromatic carboxylic acids is 1. The van der Waals surface area contributed by atoms with Crippen LogP contribution in [-0.2, 0) is 15.6 Å². The van der Waals surface area contributed by atoms with E-state index in [0.29, 0.717) is 4.88 Å². The Morgan fingerprint density at radius 2 is 2.07 bits per heavy atom. The highest BCUT2D eigenvalue weighted by molar-refractivity contribution is 7.91. The molecule has 1 heterocycles. The predicted molar refractivity (Wildman–Crippen MR) is 59.0 cm³/mol. The lowest BCUT2D eigenvalue weighted by atomic mass is 10.4. The first-order valence-corrected chi connectivity index (χ1v) is 6.89. The molecule has 0 aromatic carbocycles. The fraction of sp³-hybridized carbons (Fsp3) is 0.444. The summed E-state index contributed by atoms with van der Waals surface area (Å²) < 4.78 is 23.1. The van der Waals surface area contributed by atoms with E-state index in [1.165, 1.54) is 6.07 Å². The number of carbonyl (C=O) groups is 1. The Hall–Kier alpha value is -0.880. The Morgan fingerprint density at radius 3 is 2.47 bits per heavy atom. The van der Waals surface area contributed by atoms with Crippen molar-refractivity contribution >= 4 is 27.1 Å². The normalized spacial score (nSPS) is 11.9. The van der Waals surface area contributed by atoms with Gasteiger partial charge in [0, 0.05) is 4.88 Å². The standard InChI is InChI=1S/C9H12O4S2/c1-6(2)15(12,13)5-7-3-4-8(14-7)9(10)11/h3-4,6H,5H2,1-2H3,(H,10,11). The first-order valence-electron chi connectivity index (χ1n) is 4.36. The SMILES string of the molecule is CC(C)S(=O)(=O)Cc1ccc(C(=O)O)s1. The molecular weight excluding hydrogens is 236 g/mol. The molecule has 15 heavy (non-hydrogen) atoms. The zero-order valence-corrected chi connectivity index (χ0v) is 10.1. The van der Waals surface area contributed by atoms with E-state index in [4.69, 9.17) is 5.11 Å². The zero-order valence-electron chi connectivity index (χ0n) is 8.43. The Balaban J connectivity index is 2.87. The van der Waals surface area contributed by atoms with Crippen LogP contribution in [0.15, 0.2) is 12.1 Å². The number of thiophene rings is 1. The Labute approximate surface area is 92.5 Å². The molecule has 0 spiro atoms. The van der Waals surface area contributed by atoms with Gasteiger partial charge in [-0.25, -0.2) is 13.2 Å². The van der Waals surface area contributed by atoms with Crippen molar-refractivity contribution in [3.8, 4) is 0 Å². The lowest BCUT2D eigenvalue weighted by molar-refractivity contribution is 0.0702. The molecule has 1 aromatic heterocycles. The molecule has 0 aliphatic carbocycles. The molecule has 0 amide bonds. The van der Waals surface area contributed by atoms with Crippen LogP contribution in [0.25, 0.3) is 0 Å². The van der Waals surface area contributed by atoms with Crippen LogP contribution in [0.4, 0.5) is 0 Å². The Bertz CT molecular complexity index is 456. The molecule has 0 saturated heterocycles. The van der Waals surface area contributed by atoms with Gasteiger partial charge in [0.05, 0.1) is 11.0 Å². The van der Waals surface area contributed by atoms with Gasteiger partial charge in [-0.3, -0.25) is 0 Å². The van der Waals surface area contributed by atoms with Gasteiger partial charge >= 0.3 is 5.97 Å². The topological polar surface area (TPSA) is 71.4 Å². The fourth-order valence-electron chi connectivity index (χ4n) is 0.935. The summed E-state index contributed by atoms with van der Waals surface area (Å²) >= 11 is 1.01. The summed E-state index contributed by atoms with van der Waals surface area (Å²) in [5, 5.41) is 8.23. The summed E-state index contributed by atoms with van der Waals surface area (Å²) in [5.41, 5.74) is 0. The summed E-state index contributed by atoms with van der Waals surface area (Å²) in [7, 11) is -3.15. The van der Waals surface area contributed by atoms with Gasteiger partial charge in [0.25, 0.3) is 0 Å². The van der Waals surface area contributed by atoms with Crippen molar-refractivity contribution in [1.29, 1.82) is 0 Å². The quantitative estimate of drug-likeness (QED) is 0.881. The van der Waals surface area contributed by atoms with E-state index in [1.807, 2.05) is 0 Å². The minimum atomic E-state index is -3.15. The molecule has 4 nitrogen and oxygen atoms in total. The monoisotopic (exact) mass is 248 g/mol. The molecule has 0 unspecified atom stereocenters. The van der Waals surface area contributed by atoms with E-state index in [0.717, 1.165) is 11.3 Å². The summed E-state index contributed by atoms with van der Waals surface area (Å²) in [5.74, 6) is -1.10. The molecule has 1 N–H and O–H groups in total. The third-order valence-corrected chi connectivity index (χ3v) is 5.34. The number of carboxylic acids is 1. The van der Waals surface area contributed by atoms with Crippen LogP contribution in [-0.4, -0.2) is 24.7 Å². The van der Waals surface area contributed by atoms with E-state index in [-0.39, 0.29) is 10.6 Å². The van der Waals surface area contributed by atoms with E-state index < -0.39 is 21.1 Å². The van der Waals surface area contributed by atoms with Crippen LogP contribution in [0, 0.1) is 0 Å². The highest BCUT2D eigenvalue weighted by Gasteiger charge is 2.18. The molecule has 0 fully saturated rings. The maximum absolute atomic E-state index is 11.5. The first-order chi connectivity index (χ1) is 6.83. The second-order valence-electron chi connectivity index (χ2n) is 3.43. The molecule has 0 saturated carbocycles. The van der Waals surface area contributed by atoms with Crippen LogP contribution in [0.3, 0.4) is 0 Å². The molecule has 6 heteroatoms. The molecule has 0 aliphatic rings. The van der Waals surface area contributed by atoms with Crippen molar-refractivity contribution in [2.24, 2.45) is 0 Å². The summed E-state index contributed by atoms with van der Waals surface area (Å²) in [6.45, 7) is 3.22. The van der Waals surface area contributed by atoms with Crippen molar-refractivity contribution in [2.75, 3.05) is 0 Å². The maximum Gasteiger partial charge on any atom is 0.345 e. The second kappa shape index (κ2) is 4.32. The van der Waals surface area contributed by atoms with Crippen LogP contribution in [0.2, 0.25) is 0 Å². The second-order valence-corrected chi connectivity index (χ2v) is 7.15. The van der Waals surface area contributed by atoms with E-state index in [1.54, 1.807) is 19.9 Å². The molecule has 0 radical (unpaired) electrons. The van der Waals surface area contributed by atoms with Gasteiger partial charge in [0.1, 0.15) is 4.88 Å². The third kappa shape index (κ3) is 3.04. The lowest BCUT2D eigenvalue weighted by Crippen LogP contribution is -2.15. The van der Waals surface area contributed by atoms with Crippen LogP contribution >= 0.6 is 11.3 Å². The molecule has 1 rings (SSSR count). The smallest absolute Gasteiger partial charge is 0.345 e. The Morgan fingerprint density at radius 1 is 1.47 bits per heavy atom. The highest BCUT2D eigenvalue weighted by atomic mass is 32.2. The van der Waals surface area contributed by atoms with E-state index in [9.17, 15) is 13.2 Å².